The van der Waals surface area contributed by atoms with Gasteiger partial charge in [-0.25, -0.2) is 0 Å². The summed E-state index contributed by atoms with van der Waals surface area (Å²) in [7, 11) is 0. The first kappa shape index (κ1) is 14.5. The van der Waals surface area contributed by atoms with Gasteiger partial charge in [-0.1, -0.05) is 30.3 Å². The first-order chi connectivity index (χ1) is 8.92. The van der Waals surface area contributed by atoms with Crippen molar-refractivity contribution in [2.75, 3.05) is 13.2 Å². The number of ether oxygens (including phenoxy) is 1. The van der Waals surface area contributed by atoms with Gasteiger partial charge in [0.25, 0.3) is 0 Å². The molecule has 1 saturated heterocycles. The van der Waals surface area contributed by atoms with E-state index in [2.05, 4.69) is 56.9 Å². The molecular formula is C17H27NO. The van der Waals surface area contributed by atoms with Crippen LogP contribution in [0.2, 0.25) is 0 Å². The molecule has 2 nitrogen and oxygen atoms in total. The second-order valence-corrected chi connectivity index (χ2v) is 6.90. The van der Waals surface area contributed by atoms with Crippen LogP contribution < -0.4 is 0 Å². The van der Waals surface area contributed by atoms with Crippen LogP contribution in [0.5, 0.6) is 0 Å². The molecule has 0 aromatic heterocycles. The first-order valence-electron chi connectivity index (χ1n) is 7.31. The lowest BCUT2D eigenvalue weighted by molar-refractivity contribution is -0.0222. The standard InChI is InChI=1S/C17H27NO/c1-16(2,3)18-12-8-11-17(18,4)14-19-13-15-9-6-5-7-10-15/h5-7,9-10H,8,11-14H2,1-4H3. The Hall–Kier alpha value is -0.860. The van der Waals surface area contributed by atoms with Gasteiger partial charge in [0, 0.05) is 11.1 Å². The lowest BCUT2D eigenvalue weighted by atomic mass is 9.94. The molecule has 106 valence electrons. The van der Waals surface area contributed by atoms with Gasteiger partial charge in [0.1, 0.15) is 0 Å². The number of benzene rings is 1. The Morgan fingerprint density at radius 3 is 2.53 bits per heavy atom. The molecule has 0 amide bonds. The molecule has 0 saturated carbocycles. The van der Waals surface area contributed by atoms with Crippen LogP contribution in [0.25, 0.3) is 0 Å². The minimum absolute atomic E-state index is 0.188. The summed E-state index contributed by atoms with van der Waals surface area (Å²) in [6, 6.07) is 10.4. The molecule has 19 heavy (non-hydrogen) atoms. The van der Waals surface area contributed by atoms with Crippen molar-refractivity contribution in [3.8, 4) is 0 Å². The maximum Gasteiger partial charge on any atom is 0.0717 e. The van der Waals surface area contributed by atoms with E-state index in [4.69, 9.17) is 4.74 Å². The monoisotopic (exact) mass is 261 g/mol. The predicted octanol–water partition coefficient (Wildman–Crippen LogP) is 3.86. The van der Waals surface area contributed by atoms with E-state index in [0.29, 0.717) is 6.61 Å². The highest BCUT2D eigenvalue weighted by Crippen LogP contribution is 2.35. The normalized spacial score (nSPS) is 24.8. The van der Waals surface area contributed by atoms with E-state index in [0.717, 1.165) is 6.61 Å². The fourth-order valence-corrected chi connectivity index (χ4v) is 3.28. The molecule has 1 atom stereocenters. The van der Waals surface area contributed by atoms with Crippen molar-refractivity contribution in [2.24, 2.45) is 0 Å². The van der Waals surface area contributed by atoms with Crippen molar-refractivity contribution in [3.05, 3.63) is 35.9 Å². The molecule has 1 fully saturated rings. The zero-order chi connectivity index (χ0) is 13.9. The molecule has 2 rings (SSSR count). The molecule has 0 bridgehead atoms. The summed E-state index contributed by atoms with van der Waals surface area (Å²) in [4.78, 5) is 2.60. The topological polar surface area (TPSA) is 12.5 Å². The Morgan fingerprint density at radius 1 is 1.21 bits per heavy atom. The molecule has 1 heterocycles. The summed E-state index contributed by atoms with van der Waals surface area (Å²) in [5.74, 6) is 0. The van der Waals surface area contributed by atoms with Gasteiger partial charge in [-0.2, -0.15) is 0 Å². The van der Waals surface area contributed by atoms with E-state index >= 15 is 0 Å². The summed E-state index contributed by atoms with van der Waals surface area (Å²) < 4.78 is 5.99. The van der Waals surface area contributed by atoms with Gasteiger partial charge in [-0.15, -0.1) is 0 Å². The van der Waals surface area contributed by atoms with E-state index < -0.39 is 0 Å². The largest absolute Gasteiger partial charge is 0.375 e. The predicted molar refractivity (Wildman–Crippen MR) is 80.2 cm³/mol. The van der Waals surface area contributed by atoms with Crippen molar-refractivity contribution < 1.29 is 4.74 Å². The molecule has 1 unspecified atom stereocenters. The molecule has 0 aliphatic carbocycles. The molecule has 1 aromatic rings. The Labute approximate surface area is 117 Å². The van der Waals surface area contributed by atoms with Crippen LogP contribution in [-0.4, -0.2) is 29.1 Å². The Bertz CT molecular complexity index is 395. The average Bonchev–Trinajstić information content (AvgIpc) is 2.73. The highest BCUT2D eigenvalue weighted by atomic mass is 16.5. The second kappa shape index (κ2) is 5.64. The van der Waals surface area contributed by atoms with E-state index in [1.165, 1.54) is 24.9 Å². The van der Waals surface area contributed by atoms with Gasteiger partial charge >= 0.3 is 0 Å². The lowest BCUT2D eigenvalue weighted by Crippen LogP contribution is -2.54. The third kappa shape index (κ3) is 3.58. The molecule has 1 aromatic carbocycles. The van der Waals surface area contributed by atoms with Gasteiger partial charge in [0.15, 0.2) is 0 Å². The highest BCUT2D eigenvalue weighted by Gasteiger charge is 2.42. The summed E-state index contributed by atoms with van der Waals surface area (Å²) in [6.45, 7) is 12.0. The molecule has 1 aliphatic heterocycles. The summed E-state index contributed by atoms with van der Waals surface area (Å²) in [5, 5.41) is 0. The quantitative estimate of drug-likeness (QED) is 0.816. The van der Waals surface area contributed by atoms with Gasteiger partial charge in [0.05, 0.1) is 13.2 Å². The van der Waals surface area contributed by atoms with Crippen LogP contribution in [-0.2, 0) is 11.3 Å². The fraction of sp³-hybridized carbons (Fsp3) is 0.647. The Kier molecular flexibility index (Phi) is 4.32. The molecule has 0 radical (unpaired) electrons. The number of hydrogen-bond donors (Lipinski definition) is 0. The van der Waals surface area contributed by atoms with Crippen LogP contribution in [0.3, 0.4) is 0 Å². The van der Waals surface area contributed by atoms with Gasteiger partial charge < -0.3 is 4.74 Å². The van der Waals surface area contributed by atoms with E-state index in [1.807, 2.05) is 6.07 Å². The SMILES string of the molecule is CC(C)(C)N1CCCC1(C)COCc1ccccc1. The maximum absolute atomic E-state index is 5.99. The van der Waals surface area contributed by atoms with Gasteiger partial charge in [-0.05, 0) is 52.6 Å². The Balaban J connectivity index is 1.91. The number of rotatable bonds is 4. The highest BCUT2D eigenvalue weighted by molar-refractivity contribution is 5.13. The molecular weight excluding hydrogens is 234 g/mol. The van der Waals surface area contributed by atoms with Crippen LogP contribution in [0.15, 0.2) is 30.3 Å². The smallest absolute Gasteiger partial charge is 0.0717 e. The number of nitrogens with zero attached hydrogens (tertiary/aromatic N) is 1. The van der Waals surface area contributed by atoms with Crippen LogP contribution >= 0.6 is 0 Å². The van der Waals surface area contributed by atoms with Crippen LogP contribution in [0.1, 0.15) is 46.1 Å². The zero-order valence-corrected chi connectivity index (χ0v) is 12.8. The summed E-state index contributed by atoms with van der Waals surface area (Å²) >= 11 is 0. The number of hydrogen-bond acceptors (Lipinski definition) is 2. The van der Waals surface area contributed by atoms with Crippen molar-refractivity contribution >= 4 is 0 Å². The average molecular weight is 261 g/mol. The van der Waals surface area contributed by atoms with Crippen molar-refractivity contribution in [2.45, 2.75) is 58.2 Å². The summed E-state index contributed by atoms with van der Waals surface area (Å²) in [5.41, 5.74) is 1.67. The number of likely N-dealkylation sites (tertiary alicyclic amines) is 1. The van der Waals surface area contributed by atoms with Crippen molar-refractivity contribution in [1.29, 1.82) is 0 Å². The third-order valence-corrected chi connectivity index (χ3v) is 4.08. The molecule has 2 heteroatoms. The van der Waals surface area contributed by atoms with E-state index in [1.54, 1.807) is 0 Å². The van der Waals surface area contributed by atoms with E-state index in [-0.39, 0.29) is 11.1 Å². The first-order valence-corrected chi connectivity index (χ1v) is 7.31. The summed E-state index contributed by atoms with van der Waals surface area (Å²) in [6.07, 6.45) is 2.52. The van der Waals surface area contributed by atoms with Crippen LogP contribution in [0, 0.1) is 0 Å². The minimum atomic E-state index is 0.188. The van der Waals surface area contributed by atoms with Crippen molar-refractivity contribution in [1.82, 2.24) is 4.90 Å². The van der Waals surface area contributed by atoms with Crippen molar-refractivity contribution in [3.63, 3.8) is 0 Å². The van der Waals surface area contributed by atoms with Gasteiger partial charge in [0.2, 0.25) is 0 Å². The van der Waals surface area contributed by atoms with Gasteiger partial charge in [-0.3, -0.25) is 4.90 Å². The molecule has 0 N–H and O–H groups in total. The third-order valence-electron chi connectivity index (χ3n) is 4.08. The maximum atomic E-state index is 5.99. The van der Waals surface area contributed by atoms with E-state index in [9.17, 15) is 0 Å². The molecule has 1 aliphatic rings. The minimum Gasteiger partial charge on any atom is -0.375 e. The lowest BCUT2D eigenvalue weighted by Gasteiger charge is -2.44. The fourth-order valence-electron chi connectivity index (χ4n) is 3.28. The Morgan fingerprint density at radius 2 is 1.89 bits per heavy atom. The molecule has 0 spiro atoms. The zero-order valence-electron chi connectivity index (χ0n) is 12.8. The second-order valence-electron chi connectivity index (χ2n) is 6.90. The van der Waals surface area contributed by atoms with Crippen LogP contribution in [0.4, 0.5) is 0 Å².